The van der Waals surface area contributed by atoms with Crippen LogP contribution in [0.3, 0.4) is 0 Å². The second-order valence-corrected chi connectivity index (χ2v) is 10.3. The molecule has 0 aromatic heterocycles. The van der Waals surface area contributed by atoms with Crippen molar-refractivity contribution < 1.29 is 17.9 Å². The summed E-state index contributed by atoms with van der Waals surface area (Å²) in [5.41, 5.74) is 0.315. The molecule has 4 rings (SSSR count). The summed E-state index contributed by atoms with van der Waals surface area (Å²) in [5, 5.41) is 0. The zero-order valence-electron chi connectivity index (χ0n) is 17.6. The van der Waals surface area contributed by atoms with Crippen molar-refractivity contribution >= 4 is 15.9 Å². The first-order valence-electron chi connectivity index (χ1n) is 10.2. The summed E-state index contributed by atoms with van der Waals surface area (Å²) in [6.07, 6.45) is 2.59. The zero-order valence-corrected chi connectivity index (χ0v) is 18.4. The van der Waals surface area contributed by atoms with E-state index >= 15 is 0 Å². The molecule has 2 aliphatic heterocycles. The first-order valence-corrected chi connectivity index (χ1v) is 11.7. The molecule has 1 amide bonds. The number of nitrogens with zero attached hydrogens (tertiary/aromatic N) is 2. The Morgan fingerprint density at radius 2 is 1.77 bits per heavy atom. The third-order valence-corrected chi connectivity index (χ3v) is 8.48. The summed E-state index contributed by atoms with van der Waals surface area (Å²) in [4.78, 5) is 15.3. The number of methoxy groups -OCH3 is 1. The van der Waals surface area contributed by atoms with Gasteiger partial charge in [0.15, 0.2) is 0 Å². The van der Waals surface area contributed by atoms with E-state index in [4.69, 9.17) is 4.74 Å². The lowest BCUT2D eigenvalue weighted by atomic mass is 9.69. The van der Waals surface area contributed by atoms with Crippen LogP contribution in [0.25, 0.3) is 0 Å². The van der Waals surface area contributed by atoms with Crippen molar-refractivity contribution in [3.8, 4) is 5.75 Å². The Hall–Kier alpha value is -2.38. The van der Waals surface area contributed by atoms with E-state index in [1.54, 1.807) is 54.7 Å². The quantitative estimate of drug-likeness (QED) is 0.710. The minimum atomic E-state index is -3.72. The maximum Gasteiger partial charge on any atom is 0.243 e. The number of fused-ring (bicyclic) bond motifs is 2. The van der Waals surface area contributed by atoms with E-state index in [-0.39, 0.29) is 22.9 Å². The monoisotopic (exact) mass is 428 g/mol. The molecule has 0 radical (unpaired) electrons. The van der Waals surface area contributed by atoms with Gasteiger partial charge in [-0.1, -0.05) is 30.3 Å². The van der Waals surface area contributed by atoms with Crippen LogP contribution in [0.5, 0.6) is 5.75 Å². The molecular formula is C23H28N2O4S. The maximum atomic E-state index is 13.6. The molecule has 0 saturated carbocycles. The van der Waals surface area contributed by atoms with Crippen molar-refractivity contribution in [2.45, 2.75) is 42.7 Å². The molecule has 0 aliphatic carbocycles. The van der Waals surface area contributed by atoms with Crippen LogP contribution in [0.4, 0.5) is 0 Å². The minimum Gasteiger partial charge on any atom is -0.497 e. The molecule has 2 aromatic rings. The number of sulfonamides is 1. The molecule has 2 aromatic carbocycles. The number of carbonyl (C=O) groups excluding carboxylic acids is 1. The summed E-state index contributed by atoms with van der Waals surface area (Å²) in [6, 6.07) is 15.9. The van der Waals surface area contributed by atoms with Crippen LogP contribution in [0.15, 0.2) is 59.5 Å². The Balaban J connectivity index is 1.74. The fourth-order valence-corrected chi connectivity index (χ4v) is 7.20. The number of hydrogen-bond donors (Lipinski definition) is 0. The molecule has 2 heterocycles. The topological polar surface area (TPSA) is 66.9 Å². The van der Waals surface area contributed by atoms with Gasteiger partial charge in [-0.15, -0.1) is 0 Å². The average molecular weight is 429 g/mol. The summed E-state index contributed by atoms with van der Waals surface area (Å²) in [6.45, 7) is 0. The summed E-state index contributed by atoms with van der Waals surface area (Å²) < 4.78 is 34.0. The van der Waals surface area contributed by atoms with Gasteiger partial charge in [0.2, 0.25) is 15.9 Å². The fourth-order valence-electron chi connectivity index (χ4n) is 5.26. The Labute approximate surface area is 178 Å². The van der Waals surface area contributed by atoms with Crippen LogP contribution in [0.2, 0.25) is 0 Å². The SMILES string of the molecule is COc1ccc(S(=O)(=O)N2[C@@H]3CC[C@H]2[C@@](Cc2ccccc2)(C(=O)N(C)C)C3)cc1. The molecule has 7 heteroatoms. The minimum absolute atomic E-state index is 0.00786. The largest absolute Gasteiger partial charge is 0.497 e. The Bertz CT molecular complexity index is 1020. The van der Waals surface area contributed by atoms with Gasteiger partial charge in [0.25, 0.3) is 0 Å². The van der Waals surface area contributed by atoms with Gasteiger partial charge in [0.1, 0.15) is 5.75 Å². The van der Waals surface area contributed by atoms with Gasteiger partial charge >= 0.3 is 0 Å². The fraction of sp³-hybridized carbons (Fsp3) is 0.435. The Morgan fingerprint density at radius 1 is 1.10 bits per heavy atom. The molecule has 0 N–H and O–H groups in total. The first-order chi connectivity index (χ1) is 14.3. The molecule has 30 heavy (non-hydrogen) atoms. The smallest absolute Gasteiger partial charge is 0.243 e. The van der Waals surface area contributed by atoms with E-state index in [0.29, 0.717) is 25.0 Å². The van der Waals surface area contributed by atoms with Gasteiger partial charge in [-0.2, -0.15) is 4.31 Å². The van der Waals surface area contributed by atoms with Gasteiger partial charge in [-0.25, -0.2) is 8.42 Å². The van der Waals surface area contributed by atoms with E-state index in [1.807, 2.05) is 30.3 Å². The van der Waals surface area contributed by atoms with Crippen LogP contribution in [0.1, 0.15) is 24.8 Å². The van der Waals surface area contributed by atoms with Crippen molar-refractivity contribution in [2.24, 2.45) is 5.41 Å². The lowest BCUT2D eigenvalue weighted by Gasteiger charge is -2.38. The van der Waals surface area contributed by atoms with Crippen molar-refractivity contribution in [1.29, 1.82) is 0 Å². The zero-order chi connectivity index (χ0) is 21.5. The highest BCUT2D eigenvalue weighted by Gasteiger charge is 2.63. The highest BCUT2D eigenvalue weighted by molar-refractivity contribution is 7.89. The lowest BCUT2D eigenvalue weighted by Crippen LogP contribution is -2.50. The molecular weight excluding hydrogens is 400 g/mol. The first kappa shape index (κ1) is 20.9. The van der Waals surface area contributed by atoms with E-state index in [0.717, 1.165) is 12.0 Å². The van der Waals surface area contributed by atoms with Gasteiger partial charge in [-0.3, -0.25) is 4.79 Å². The number of rotatable bonds is 6. The van der Waals surface area contributed by atoms with Crippen molar-refractivity contribution in [2.75, 3.05) is 21.2 Å². The van der Waals surface area contributed by atoms with E-state index in [9.17, 15) is 13.2 Å². The number of benzene rings is 2. The maximum absolute atomic E-state index is 13.6. The second kappa shape index (κ2) is 7.71. The predicted octanol–water partition coefficient (Wildman–Crippen LogP) is 2.94. The average Bonchev–Trinajstić information content (AvgIpc) is 3.31. The van der Waals surface area contributed by atoms with E-state index < -0.39 is 15.4 Å². The summed E-state index contributed by atoms with van der Waals surface area (Å²) in [7, 11) is 1.34. The van der Waals surface area contributed by atoms with E-state index in [2.05, 4.69) is 0 Å². The summed E-state index contributed by atoms with van der Waals surface area (Å²) in [5.74, 6) is 0.619. The van der Waals surface area contributed by atoms with Gasteiger partial charge in [0.05, 0.1) is 17.4 Å². The van der Waals surface area contributed by atoms with Crippen LogP contribution < -0.4 is 4.74 Å². The Morgan fingerprint density at radius 3 is 2.37 bits per heavy atom. The predicted molar refractivity (Wildman–Crippen MR) is 115 cm³/mol. The van der Waals surface area contributed by atoms with Crippen LogP contribution in [-0.4, -0.2) is 56.8 Å². The lowest BCUT2D eigenvalue weighted by molar-refractivity contribution is -0.141. The van der Waals surface area contributed by atoms with E-state index in [1.165, 1.54) is 0 Å². The molecule has 6 nitrogen and oxygen atoms in total. The second-order valence-electron chi connectivity index (χ2n) is 8.48. The van der Waals surface area contributed by atoms with Crippen molar-refractivity contribution in [3.05, 3.63) is 60.2 Å². The van der Waals surface area contributed by atoms with Crippen molar-refractivity contribution in [1.82, 2.24) is 9.21 Å². The van der Waals surface area contributed by atoms with Gasteiger partial charge in [-0.05, 0) is 55.5 Å². The van der Waals surface area contributed by atoms with Crippen LogP contribution >= 0.6 is 0 Å². The molecule has 160 valence electrons. The molecule has 2 saturated heterocycles. The van der Waals surface area contributed by atoms with Gasteiger partial charge in [0, 0.05) is 26.2 Å². The normalized spacial score (nSPS) is 26.0. The van der Waals surface area contributed by atoms with Gasteiger partial charge < -0.3 is 9.64 Å². The van der Waals surface area contributed by atoms with Crippen LogP contribution in [-0.2, 0) is 21.2 Å². The Kier molecular flexibility index (Phi) is 5.36. The highest BCUT2D eigenvalue weighted by atomic mass is 32.2. The highest BCUT2D eigenvalue weighted by Crippen LogP contribution is 2.54. The third-order valence-electron chi connectivity index (χ3n) is 6.51. The molecule has 0 unspecified atom stereocenters. The molecule has 0 spiro atoms. The number of hydrogen-bond acceptors (Lipinski definition) is 4. The van der Waals surface area contributed by atoms with Crippen molar-refractivity contribution in [3.63, 3.8) is 0 Å². The molecule has 2 fully saturated rings. The number of carbonyl (C=O) groups is 1. The number of ether oxygens (including phenoxy) is 1. The summed E-state index contributed by atoms with van der Waals surface area (Å²) >= 11 is 0. The third kappa shape index (κ3) is 3.30. The molecule has 3 atom stereocenters. The number of amides is 1. The molecule has 2 aliphatic rings. The molecule has 2 bridgehead atoms. The van der Waals surface area contributed by atoms with Crippen LogP contribution in [0, 0.1) is 5.41 Å². The standard InChI is InChI=1S/C23H28N2O4S/c1-24(2)22(26)23(15-17-7-5-4-6-8-17)16-18-9-14-21(23)25(18)30(27,28)20-12-10-19(29-3)11-13-20/h4-8,10-13,18,21H,9,14-16H2,1-3H3/t18-,21+,23+/m1/s1.